The second-order valence-corrected chi connectivity index (χ2v) is 5.34. The summed E-state index contributed by atoms with van der Waals surface area (Å²) in [5.74, 6) is -0.815. The van der Waals surface area contributed by atoms with Crippen molar-refractivity contribution in [2.24, 2.45) is 5.73 Å². The summed E-state index contributed by atoms with van der Waals surface area (Å²) in [4.78, 5) is 17.0. The van der Waals surface area contributed by atoms with Crippen LogP contribution in [0.1, 0.15) is 38.4 Å². The molecule has 2 aromatic rings. The van der Waals surface area contributed by atoms with E-state index in [4.69, 9.17) is 12.6 Å². The van der Waals surface area contributed by atoms with Gasteiger partial charge in [-0.2, -0.15) is 0 Å². The van der Waals surface area contributed by atoms with Crippen LogP contribution in [-0.4, -0.2) is 23.5 Å². The fourth-order valence-electron chi connectivity index (χ4n) is 2.38. The molecule has 0 aliphatic heterocycles. The Balaban J connectivity index is 2.83. The Kier molecular flexibility index (Phi) is 3.43. The minimum atomic E-state index is -1.66. The van der Waals surface area contributed by atoms with Crippen molar-refractivity contribution in [3.05, 3.63) is 65.9 Å². The first-order valence-corrected chi connectivity index (χ1v) is 7.16. The maximum Gasteiger partial charge on any atom is 0.234 e. The zero-order valence-electron chi connectivity index (χ0n) is 17.7. The molecule has 4 heteroatoms. The molecule has 0 spiro atoms. The standard InChI is InChI=1S/C18H23N3O/c1-14(2)20-13-11-18(17(19)22,15-8-4-3-5-9-15)16-10-6-7-12-21-16/h3-10,12,14,20H,11,13H2,1-2H3,(H2,19,22)/i3D,4D,5D,8D,9D. The van der Waals surface area contributed by atoms with Crippen molar-refractivity contribution in [1.82, 2.24) is 10.3 Å². The fraction of sp³-hybridized carbons (Fsp3) is 0.333. The van der Waals surface area contributed by atoms with Gasteiger partial charge in [0.15, 0.2) is 0 Å². The van der Waals surface area contributed by atoms with Gasteiger partial charge in [0.1, 0.15) is 5.41 Å². The van der Waals surface area contributed by atoms with E-state index in [1.54, 1.807) is 18.2 Å². The number of pyridine rings is 1. The number of carbonyl (C=O) groups is 1. The van der Waals surface area contributed by atoms with Gasteiger partial charge in [0, 0.05) is 12.2 Å². The molecule has 0 saturated heterocycles. The first-order chi connectivity index (χ1) is 12.6. The van der Waals surface area contributed by atoms with E-state index >= 15 is 0 Å². The zero-order chi connectivity index (χ0) is 20.4. The lowest BCUT2D eigenvalue weighted by Crippen LogP contribution is -2.45. The van der Waals surface area contributed by atoms with Gasteiger partial charge >= 0.3 is 0 Å². The second kappa shape index (κ2) is 7.18. The van der Waals surface area contributed by atoms with E-state index < -0.39 is 41.5 Å². The Morgan fingerprint density at radius 2 is 2.09 bits per heavy atom. The summed E-state index contributed by atoms with van der Waals surface area (Å²) in [5, 5.41) is 3.19. The third kappa shape index (κ3) is 3.34. The number of carbonyl (C=O) groups excluding carboxylic acids is 1. The van der Waals surface area contributed by atoms with Crippen LogP contribution in [0.3, 0.4) is 0 Å². The third-order valence-electron chi connectivity index (χ3n) is 3.50. The molecule has 1 heterocycles. The average molecular weight is 302 g/mol. The van der Waals surface area contributed by atoms with Crippen molar-refractivity contribution in [3.8, 4) is 0 Å². The molecule has 4 nitrogen and oxygen atoms in total. The molecule has 116 valence electrons. The number of nitrogens with one attached hydrogen (secondary N) is 1. The molecule has 1 unspecified atom stereocenters. The molecule has 1 aromatic heterocycles. The number of amides is 1. The predicted octanol–water partition coefficient (Wildman–Crippen LogP) is 2.24. The quantitative estimate of drug-likeness (QED) is 0.824. The van der Waals surface area contributed by atoms with E-state index in [0.29, 0.717) is 6.54 Å². The molecule has 1 atom stereocenters. The maximum absolute atomic E-state index is 12.7. The van der Waals surface area contributed by atoms with E-state index in [0.717, 1.165) is 0 Å². The predicted molar refractivity (Wildman–Crippen MR) is 88.4 cm³/mol. The van der Waals surface area contributed by atoms with Crippen LogP contribution in [0, 0.1) is 0 Å². The molecule has 0 saturated carbocycles. The highest BCUT2D eigenvalue weighted by molar-refractivity contribution is 5.90. The molecule has 0 radical (unpaired) electrons. The van der Waals surface area contributed by atoms with Crippen LogP contribution in [0.2, 0.25) is 0 Å². The molecular formula is C18H23N3O. The van der Waals surface area contributed by atoms with E-state index in [1.807, 2.05) is 13.8 Å². The minimum absolute atomic E-state index is 0.103. The van der Waals surface area contributed by atoms with Gasteiger partial charge in [0.25, 0.3) is 0 Å². The number of hydrogen-bond donors (Lipinski definition) is 2. The van der Waals surface area contributed by atoms with Crippen molar-refractivity contribution in [2.45, 2.75) is 31.7 Å². The molecule has 0 bridgehead atoms. The molecule has 1 aromatic carbocycles. The normalized spacial score (nSPS) is 17.0. The van der Waals surface area contributed by atoms with Gasteiger partial charge in [-0.1, -0.05) is 50.1 Å². The first kappa shape index (κ1) is 10.5. The smallest absolute Gasteiger partial charge is 0.234 e. The SMILES string of the molecule is [2H]c1c([2H])c([2H])c(C(CCNC(C)C)(C(N)=O)c2ccccn2)c([2H])c1[2H]. The van der Waals surface area contributed by atoms with E-state index in [-0.39, 0.29) is 23.7 Å². The average Bonchev–Trinajstić information content (AvgIpc) is 2.63. The summed E-state index contributed by atoms with van der Waals surface area (Å²) >= 11 is 0. The van der Waals surface area contributed by atoms with Gasteiger partial charge in [-0.25, -0.2) is 0 Å². The molecule has 1 amide bonds. The largest absolute Gasteiger partial charge is 0.369 e. The number of rotatable bonds is 7. The highest BCUT2D eigenvalue weighted by Crippen LogP contribution is 2.34. The monoisotopic (exact) mass is 302 g/mol. The summed E-state index contributed by atoms with van der Waals surface area (Å²) in [5.41, 5.74) is 4.23. The Morgan fingerprint density at radius 1 is 1.36 bits per heavy atom. The van der Waals surface area contributed by atoms with Crippen LogP contribution in [0.4, 0.5) is 0 Å². The summed E-state index contributed by atoms with van der Waals surface area (Å²) in [7, 11) is 0. The lowest BCUT2D eigenvalue weighted by Gasteiger charge is -2.31. The lowest BCUT2D eigenvalue weighted by molar-refractivity contribution is -0.122. The van der Waals surface area contributed by atoms with E-state index in [1.165, 1.54) is 6.20 Å². The van der Waals surface area contributed by atoms with Gasteiger partial charge in [-0.05, 0) is 30.7 Å². The van der Waals surface area contributed by atoms with Crippen molar-refractivity contribution < 1.29 is 11.6 Å². The number of aromatic nitrogens is 1. The Morgan fingerprint density at radius 3 is 2.64 bits per heavy atom. The molecule has 0 aliphatic carbocycles. The second-order valence-electron chi connectivity index (χ2n) is 5.34. The van der Waals surface area contributed by atoms with E-state index in [9.17, 15) is 4.79 Å². The number of benzene rings is 1. The minimum Gasteiger partial charge on any atom is -0.369 e. The summed E-state index contributed by atoms with van der Waals surface area (Å²) in [6.07, 6.45) is 1.59. The summed E-state index contributed by atoms with van der Waals surface area (Å²) in [6.45, 7) is 4.23. The highest BCUT2D eigenvalue weighted by atomic mass is 16.1. The van der Waals surface area contributed by atoms with E-state index in [2.05, 4.69) is 10.3 Å². The third-order valence-corrected chi connectivity index (χ3v) is 3.50. The fourth-order valence-corrected chi connectivity index (χ4v) is 2.38. The topological polar surface area (TPSA) is 68.0 Å². The molecule has 2 rings (SSSR count). The van der Waals surface area contributed by atoms with Gasteiger partial charge in [-0.3, -0.25) is 9.78 Å². The Bertz CT molecular complexity index is 816. The first-order valence-electron chi connectivity index (χ1n) is 9.66. The van der Waals surface area contributed by atoms with Crippen LogP contribution < -0.4 is 11.1 Å². The molecule has 0 aliphatic rings. The van der Waals surface area contributed by atoms with Gasteiger partial charge < -0.3 is 11.1 Å². The van der Waals surface area contributed by atoms with Crippen molar-refractivity contribution in [2.75, 3.05) is 6.54 Å². The number of hydrogen-bond acceptors (Lipinski definition) is 3. The Hall–Kier alpha value is -2.20. The van der Waals surface area contributed by atoms with Crippen LogP contribution in [0.15, 0.2) is 54.6 Å². The number of primary amides is 1. The van der Waals surface area contributed by atoms with Crippen LogP contribution in [-0.2, 0) is 10.2 Å². The molecule has 0 fully saturated rings. The van der Waals surface area contributed by atoms with Crippen molar-refractivity contribution in [1.29, 1.82) is 0 Å². The summed E-state index contributed by atoms with van der Waals surface area (Å²) in [6, 6.07) is 2.63. The van der Waals surface area contributed by atoms with Crippen LogP contribution in [0.5, 0.6) is 0 Å². The maximum atomic E-state index is 12.7. The highest BCUT2D eigenvalue weighted by Gasteiger charge is 2.41. The zero-order valence-corrected chi connectivity index (χ0v) is 12.7. The summed E-state index contributed by atoms with van der Waals surface area (Å²) < 4.78 is 40.4. The van der Waals surface area contributed by atoms with Crippen molar-refractivity contribution >= 4 is 5.91 Å². The van der Waals surface area contributed by atoms with Crippen LogP contribution in [0.25, 0.3) is 0 Å². The van der Waals surface area contributed by atoms with Gasteiger partial charge in [-0.15, -0.1) is 0 Å². The van der Waals surface area contributed by atoms with Crippen molar-refractivity contribution in [3.63, 3.8) is 0 Å². The molecular weight excluding hydrogens is 274 g/mol. The molecule has 22 heavy (non-hydrogen) atoms. The molecule has 3 N–H and O–H groups in total. The Labute approximate surface area is 138 Å². The lowest BCUT2D eigenvalue weighted by atomic mass is 9.73. The number of nitrogens with two attached hydrogens (primary N) is 1. The number of nitrogens with zero attached hydrogens (tertiary/aromatic N) is 1. The van der Waals surface area contributed by atoms with Gasteiger partial charge in [0.2, 0.25) is 5.91 Å². The van der Waals surface area contributed by atoms with Gasteiger partial charge in [0.05, 0.1) is 12.5 Å². The van der Waals surface area contributed by atoms with Crippen LogP contribution >= 0.6 is 0 Å².